The Morgan fingerprint density at radius 3 is 2.75 bits per heavy atom. The van der Waals surface area contributed by atoms with Crippen molar-refractivity contribution in [1.29, 1.82) is 0 Å². The molecule has 0 bridgehead atoms. The van der Waals surface area contributed by atoms with Crippen LogP contribution in [0.4, 0.5) is 5.69 Å². The van der Waals surface area contributed by atoms with Gasteiger partial charge in [-0.05, 0) is 29.3 Å². The van der Waals surface area contributed by atoms with Gasteiger partial charge in [0.25, 0.3) is 0 Å². The number of nitrogens with zero attached hydrogens (tertiary/aromatic N) is 1. The van der Waals surface area contributed by atoms with E-state index in [-0.39, 0.29) is 11.8 Å². The highest BCUT2D eigenvalue weighted by atomic mass is 16.5. The molecule has 0 unspecified atom stereocenters. The Hall–Kier alpha value is -2.82. The highest BCUT2D eigenvalue weighted by Crippen LogP contribution is 2.32. The van der Waals surface area contributed by atoms with Gasteiger partial charge in [0.2, 0.25) is 11.8 Å². The topological polar surface area (TPSA) is 58.6 Å². The van der Waals surface area contributed by atoms with Gasteiger partial charge >= 0.3 is 0 Å². The molecular weight excluding hydrogens is 304 g/mol. The lowest BCUT2D eigenvalue weighted by Crippen LogP contribution is -2.47. The molecule has 5 heteroatoms. The minimum absolute atomic E-state index is 0.124. The van der Waals surface area contributed by atoms with Crippen LogP contribution in [-0.2, 0) is 22.6 Å². The van der Waals surface area contributed by atoms with E-state index in [1.807, 2.05) is 48.5 Å². The van der Waals surface area contributed by atoms with Gasteiger partial charge in [0.15, 0.2) is 0 Å². The van der Waals surface area contributed by atoms with Crippen LogP contribution in [0.15, 0.2) is 48.5 Å². The van der Waals surface area contributed by atoms with Crippen LogP contribution in [0.5, 0.6) is 5.75 Å². The van der Waals surface area contributed by atoms with Crippen LogP contribution in [0.1, 0.15) is 18.1 Å². The molecule has 124 valence electrons. The molecule has 0 saturated carbocycles. The van der Waals surface area contributed by atoms with E-state index in [0.717, 1.165) is 22.6 Å². The van der Waals surface area contributed by atoms with Gasteiger partial charge in [0, 0.05) is 25.6 Å². The maximum absolute atomic E-state index is 12.6. The number of methoxy groups -OCH3 is 1. The third kappa shape index (κ3) is 3.11. The summed E-state index contributed by atoms with van der Waals surface area (Å²) in [7, 11) is 1.61. The largest absolute Gasteiger partial charge is 0.497 e. The number of benzene rings is 2. The molecule has 0 saturated heterocycles. The summed E-state index contributed by atoms with van der Waals surface area (Å²) in [4.78, 5) is 26.2. The zero-order chi connectivity index (χ0) is 17.1. The number of hydrogen-bond acceptors (Lipinski definition) is 3. The highest BCUT2D eigenvalue weighted by Gasteiger charge is 2.36. The fourth-order valence-corrected chi connectivity index (χ4v) is 3.07. The van der Waals surface area contributed by atoms with Crippen LogP contribution in [-0.4, -0.2) is 25.0 Å². The van der Waals surface area contributed by atoms with Crippen LogP contribution in [0.3, 0.4) is 0 Å². The van der Waals surface area contributed by atoms with Gasteiger partial charge in [-0.15, -0.1) is 0 Å². The Morgan fingerprint density at radius 1 is 1.21 bits per heavy atom. The first-order chi connectivity index (χ1) is 11.6. The lowest BCUT2D eigenvalue weighted by atomic mass is 10.1. The van der Waals surface area contributed by atoms with E-state index in [9.17, 15) is 9.59 Å². The molecule has 0 aromatic heterocycles. The van der Waals surface area contributed by atoms with E-state index in [2.05, 4.69) is 5.32 Å². The Labute approximate surface area is 141 Å². The maximum Gasteiger partial charge on any atom is 0.243 e. The Morgan fingerprint density at radius 2 is 2.00 bits per heavy atom. The quantitative estimate of drug-likeness (QED) is 0.939. The van der Waals surface area contributed by atoms with Gasteiger partial charge in [0.1, 0.15) is 11.8 Å². The number of fused-ring (bicyclic) bond motifs is 1. The number of carbonyl (C=O) groups is 2. The molecule has 24 heavy (non-hydrogen) atoms. The third-order valence-electron chi connectivity index (χ3n) is 4.22. The minimum atomic E-state index is -0.495. The van der Waals surface area contributed by atoms with Crippen LogP contribution in [0.2, 0.25) is 0 Å². The number of ether oxygens (including phenoxy) is 1. The molecule has 3 rings (SSSR count). The summed E-state index contributed by atoms with van der Waals surface area (Å²) in [5, 5.41) is 2.92. The number of rotatable bonds is 4. The Balaban J connectivity index is 1.72. The van der Waals surface area contributed by atoms with E-state index >= 15 is 0 Å². The second-order valence-corrected chi connectivity index (χ2v) is 5.81. The van der Waals surface area contributed by atoms with Gasteiger partial charge in [0.05, 0.1) is 7.11 Å². The summed E-state index contributed by atoms with van der Waals surface area (Å²) in [6, 6.07) is 14.7. The average Bonchev–Trinajstić information content (AvgIpc) is 2.99. The fourth-order valence-electron chi connectivity index (χ4n) is 3.07. The average molecular weight is 324 g/mol. The lowest BCUT2D eigenvalue weighted by Gasteiger charge is -2.23. The summed E-state index contributed by atoms with van der Waals surface area (Å²) in [5.41, 5.74) is 2.80. The van der Waals surface area contributed by atoms with Gasteiger partial charge in [-0.2, -0.15) is 0 Å². The van der Waals surface area contributed by atoms with Gasteiger partial charge in [-0.25, -0.2) is 0 Å². The molecule has 1 aliphatic heterocycles. The second kappa shape index (κ2) is 6.74. The summed E-state index contributed by atoms with van der Waals surface area (Å²) in [6.07, 6.45) is 0.541. The fraction of sp³-hybridized carbons (Fsp3) is 0.263. The van der Waals surface area contributed by atoms with Crippen LogP contribution >= 0.6 is 0 Å². The van der Waals surface area contributed by atoms with Crippen LogP contribution < -0.4 is 15.0 Å². The molecule has 2 aromatic rings. The van der Waals surface area contributed by atoms with Crippen molar-refractivity contribution >= 4 is 17.5 Å². The van der Waals surface area contributed by atoms with E-state index in [4.69, 9.17) is 4.74 Å². The number of para-hydroxylation sites is 1. The summed E-state index contributed by atoms with van der Waals surface area (Å²) in [6.45, 7) is 1.89. The number of hydrogen-bond donors (Lipinski definition) is 1. The highest BCUT2D eigenvalue weighted by molar-refractivity contribution is 6.02. The molecule has 0 aliphatic carbocycles. The van der Waals surface area contributed by atoms with Crippen molar-refractivity contribution in [1.82, 2.24) is 5.32 Å². The van der Waals surface area contributed by atoms with E-state index in [1.165, 1.54) is 6.92 Å². The second-order valence-electron chi connectivity index (χ2n) is 5.81. The van der Waals surface area contributed by atoms with E-state index in [0.29, 0.717) is 13.0 Å². The molecule has 1 N–H and O–H groups in total. The van der Waals surface area contributed by atoms with Gasteiger partial charge in [-0.1, -0.05) is 30.3 Å². The first-order valence-electron chi connectivity index (χ1n) is 7.88. The van der Waals surface area contributed by atoms with Gasteiger partial charge in [-0.3, -0.25) is 14.5 Å². The molecule has 5 nitrogen and oxygen atoms in total. The summed E-state index contributed by atoms with van der Waals surface area (Å²) >= 11 is 0. The molecular formula is C19H20N2O3. The Bertz CT molecular complexity index is 773. The molecule has 1 atom stereocenters. The van der Waals surface area contributed by atoms with Crippen LogP contribution in [0.25, 0.3) is 0 Å². The molecule has 1 heterocycles. The van der Waals surface area contributed by atoms with E-state index in [1.54, 1.807) is 12.0 Å². The standard InChI is InChI=1S/C19H20N2O3/c1-13(22)21-17-9-4-3-7-15(17)11-18(21)19(23)20-12-14-6-5-8-16(10-14)24-2/h3-10,18H,11-12H2,1-2H3,(H,20,23)/t18-/m1/s1. The molecule has 1 aliphatic rings. The minimum Gasteiger partial charge on any atom is -0.497 e. The smallest absolute Gasteiger partial charge is 0.243 e. The zero-order valence-corrected chi connectivity index (χ0v) is 13.8. The predicted octanol–water partition coefficient (Wildman–Crippen LogP) is 2.29. The van der Waals surface area contributed by atoms with Crippen molar-refractivity contribution in [3.63, 3.8) is 0 Å². The number of nitrogens with one attached hydrogen (secondary N) is 1. The summed E-state index contributed by atoms with van der Waals surface area (Å²) in [5.74, 6) is 0.478. The van der Waals surface area contributed by atoms with Crippen molar-refractivity contribution < 1.29 is 14.3 Å². The van der Waals surface area contributed by atoms with Crippen molar-refractivity contribution in [2.45, 2.75) is 25.9 Å². The first kappa shape index (κ1) is 16.1. The van der Waals surface area contributed by atoms with Crippen molar-refractivity contribution in [2.75, 3.05) is 12.0 Å². The normalized spacial score (nSPS) is 15.8. The van der Waals surface area contributed by atoms with Gasteiger partial charge < -0.3 is 10.1 Å². The van der Waals surface area contributed by atoms with Crippen molar-refractivity contribution in [2.24, 2.45) is 0 Å². The Kier molecular flexibility index (Phi) is 4.51. The molecule has 0 spiro atoms. The molecule has 0 fully saturated rings. The number of anilines is 1. The third-order valence-corrected chi connectivity index (χ3v) is 4.22. The number of amides is 2. The monoisotopic (exact) mass is 324 g/mol. The van der Waals surface area contributed by atoms with Crippen LogP contribution in [0, 0.1) is 0 Å². The van der Waals surface area contributed by atoms with Crippen molar-refractivity contribution in [3.8, 4) is 5.75 Å². The molecule has 0 radical (unpaired) electrons. The molecule has 2 amide bonds. The molecule has 2 aromatic carbocycles. The van der Waals surface area contributed by atoms with E-state index < -0.39 is 6.04 Å². The summed E-state index contributed by atoms with van der Waals surface area (Å²) < 4.78 is 5.19. The zero-order valence-electron chi connectivity index (χ0n) is 13.8. The lowest BCUT2D eigenvalue weighted by molar-refractivity contribution is -0.125. The maximum atomic E-state index is 12.6. The first-order valence-corrected chi connectivity index (χ1v) is 7.88. The van der Waals surface area contributed by atoms with Crippen molar-refractivity contribution in [3.05, 3.63) is 59.7 Å². The SMILES string of the molecule is COc1cccc(CNC(=O)[C@H]2Cc3ccccc3N2C(C)=O)c1. The number of carbonyl (C=O) groups excluding carboxylic acids is 2. The predicted molar refractivity (Wildman–Crippen MR) is 91.9 cm³/mol.